The summed E-state index contributed by atoms with van der Waals surface area (Å²) in [5.41, 5.74) is 5.02. The molecule has 0 atom stereocenters. The molecule has 2 rings (SSSR count). The number of hydrogen-bond donors (Lipinski definition) is 0. The first-order valence-corrected chi connectivity index (χ1v) is 6.43. The molecule has 0 saturated carbocycles. The second kappa shape index (κ2) is 5.73. The molecule has 0 heterocycles. The van der Waals surface area contributed by atoms with Crippen molar-refractivity contribution in [1.29, 1.82) is 5.26 Å². The smallest absolute Gasteiger partial charge is 0.0992 e. The molecule has 0 radical (unpaired) electrons. The highest BCUT2D eigenvalue weighted by atomic mass is 35.5. The topological polar surface area (TPSA) is 36.1 Å². The van der Waals surface area contributed by atoms with Crippen molar-refractivity contribution in [2.24, 2.45) is 4.99 Å². The molecule has 0 unspecified atom stereocenters. The summed E-state index contributed by atoms with van der Waals surface area (Å²) >= 11 is 6.27. The Morgan fingerprint density at radius 3 is 2.50 bits per heavy atom. The van der Waals surface area contributed by atoms with Gasteiger partial charge in [-0.2, -0.15) is 5.26 Å². The van der Waals surface area contributed by atoms with Crippen LogP contribution in [0.4, 0.5) is 5.69 Å². The van der Waals surface area contributed by atoms with Crippen molar-refractivity contribution >= 4 is 30.1 Å². The molecule has 0 N–H and O–H groups in total. The van der Waals surface area contributed by atoms with Crippen LogP contribution >= 0.6 is 11.6 Å². The monoisotopic (exact) mass is 280 g/mol. The molecular formula is C17H13ClN2. The van der Waals surface area contributed by atoms with Crippen molar-refractivity contribution in [3.05, 3.63) is 58.6 Å². The van der Waals surface area contributed by atoms with Crippen LogP contribution in [0.5, 0.6) is 0 Å². The van der Waals surface area contributed by atoms with E-state index in [-0.39, 0.29) is 0 Å². The summed E-state index contributed by atoms with van der Waals surface area (Å²) in [5.74, 6) is 0. The molecule has 0 aliphatic carbocycles. The maximum absolute atomic E-state index is 8.89. The number of halogens is 1. The van der Waals surface area contributed by atoms with Crippen LogP contribution in [0, 0.1) is 18.3 Å². The highest BCUT2D eigenvalue weighted by molar-refractivity contribution is 6.33. The van der Waals surface area contributed by atoms with Gasteiger partial charge in [0.05, 0.1) is 17.3 Å². The van der Waals surface area contributed by atoms with Gasteiger partial charge in [0.15, 0.2) is 0 Å². The largest absolute Gasteiger partial charge is 0.263 e. The molecule has 0 bridgehead atoms. The number of aryl methyl sites for hydroxylation is 1. The van der Waals surface area contributed by atoms with E-state index in [0.29, 0.717) is 10.6 Å². The van der Waals surface area contributed by atoms with E-state index in [0.717, 1.165) is 27.9 Å². The minimum absolute atomic E-state index is 0.521. The van der Waals surface area contributed by atoms with Crippen LogP contribution < -0.4 is 0 Å². The molecule has 0 aliphatic heterocycles. The van der Waals surface area contributed by atoms with Crippen molar-refractivity contribution in [3.63, 3.8) is 0 Å². The van der Waals surface area contributed by atoms with Crippen LogP contribution in [0.25, 0.3) is 17.2 Å². The quantitative estimate of drug-likeness (QED) is 0.715. The molecule has 0 aromatic heterocycles. The molecular weight excluding hydrogens is 268 g/mol. The van der Waals surface area contributed by atoms with Crippen molar-refractivity contribution < 1.29 is 0 Å². The maximum Gasteiger partial charge on any atom is 0.0992 e. The van der Waals surface area contributed by atoms with E-state index in [1.165, 1.54) is 0 Å². The third-order valence-electron chi connectivity index (χ3n) is 3.19. The number of nitrogens with zero attached hydrogens (tertiary/aromatic N) is 2. The van der Waals surface area contributed by atoms with Crippen LogP contribution in [0.2, 0.25) is 5.02 Å². The van der Waals surface area contributed by atoms with Gasteiger partial charge in [-0.25, -0.2) is 0 Å². The highest BCUT2D eigenvalue weighted by Crippen LogP contribution is 2.39. The van der Waals surface area contributed by atoms with E-state index in [1.807, 2.05) is 25.1 Å². The van der Waals surface area contributed by atoms with E-state index in [4.69, 9.17) is 16.9 Å². The summed E-state index contributed by atoms with van der Waals surface area (Å²) in [4.78, 5) is 4.12. The fraction of sp³-hybridized carbons (Fsp3) is 0.0588. The normalized spacial score (nSPS) is 9.85. The van der Waals surface area contributed by atoms with Crippen LogP contribution in [-0.2, 0) is 0 Å². The second-order valence-corrected chi connectivity index (χ2v) is 4.77. The fourth-order valence-corrected chi connectivity index (χ4v) is 2.44. The third-order valence-corrected chi connectivity index (χ3v) is 3.50. The number of rotatable bonds is 3. The minimum Gasteiger partial charge on any atom is -0.263 e. The summed E-state index contributed by atoms with van der Waals surface area (Å²) in [5, 5.41) is 9.41. The summed E-state index contributed by atoms with van der Waals surface area (Å²) < 4.78 is 0. The Kier molecular flexibility index (Phi) is 4.02. The van der Waals surface area contributed by atoms with E-state index in [2.05, 4.69) is 24.4 Å². The van der Waals surface area contributed by atoms with Crippen LogP contribution in [0.15, 0.2) is 41.9 Å². The predicted molar refractivity (Wildman–Crippen MR) is 85.6 cm³/mol. The molecule has 3 heteroatoms. The van der Waals surface area contributed by atoms with E-state index in [9.17, 15) is 0 Å². The number of aliphatic imine (C=N–C) groups is 1. The molecule has 0 fully saturated rings. The minimum atomic E-state index is 0.521. The standard InChI is InChI=1S/C17H13ClN2/c1-4-13-11(2)5-7-15(17(13)20-3)14-8-6-12(10-19)9-16(14)18/h4-9H,1,3H2,2H3. The number of hydrogen-bond acceptors (Lipinski definition) is 2. The maximum atomic E-state index is 8.89. The lowest BCUT2D eigenvalue weighted by Crippen LogP contribution is -1.88. The highest BCUT2D eigenvalue weighted by Gasteiger charge is 2.12. The van der Waals surface area contributed by atoms with Crippen LogP contribution in [-0.4, -0.2) is 6.72 Å². The lowest BCUT2D eigenvalue weighted by molar-refractivity contribution is 1.40. The fourth-order valence-electron chi connectivity index (χ4n) is 2.16. The Morgan fingerprint density at radius 1 is 1.25 bits per heavy atom. The van der Waals surface area contributed by atoms with Crippen LogP contribution in [0.3, 0.4) is 0 Å². The number of benzene rings is 2. The first-order chi connectivity index (χ1) is 9.62. The Balaban J connectivity index is 2.74. The molecule has 0 spiro atoms. The van der Waals surface area contributed by atoms with Gasteiger partial charge in [0, 0.05) is 21.7 Å². The molecule has 20 heavy (non-hydrogen) atoms. The Labute approximate surface area is 123 Å². The zero-order chi connectivity index (χ0) is 14.7. The molecule has 98 valence electrons. The van der Waals surface area contributed by atoms with Crippen LogP contribution in [0.1, 0.15) is 16.7 Å². The lowest BCUT2D eigenvalue weighted by Gasteiger charge is -2.12. The summed E-state index contributed by atoms with van der Waals surface area (Å²) in [6.07, 6.45) is 1.76. The van der Waals surface area contributed by atoms with Gasteiger partial charge in [-0.3, -0.25) is 4.99 Å². The summed E-state index contributed by atoms with van der Waals surface area (Å²) in [6, 6.07) is 11.2. The Bertz CT molecular complexity index is 739. The third kappa shape index (κ3) is 2.36. The van der Waals surface area contributed by atoms with Gasteiger partial charge >= 0.3 is 0 Å². The first-order valence-electron chi connectivity index (χ1n) is 6.05. The van der Waals surface area contributed by atoms with Gasteiger partial charge in [-0.1, -0.05) is 42.5 Å². The van der Waals surface area contributed by atoms with Crippen molar-refractivity contribution in [2.75, 3.05) is 0 Å². The van der Waals surface area contributed by atoms with Crippen molar-refractivity contribution in [2.45, 2.75) is 6.92 Å². The predicted octanol–water partition coefficient (Wildman–Crippen LogP) is 5.16. The van der Waals surface area contributed by atoms with Crippen molar-refractivity contribution in [3.8, 4) is 17.2 Å². The second-order valence-electron chi connectivity index (χ2n) is 4.36. The SMILES string of the molecule is C=Cc1c(C)ccc(-c2ccc(C#N)cc2Cl)c1N=C. The van der Waals surface area contributed by atoms with E-state index < -0.39 is 0 Å². The lowest BCUT2D eigenvalue weighted by atomic mass is 9.96. The Hall–Kier alpha value is -2.37. The Morgan fingerprint density at radius 2 is 1.95 bits per heavy atom. The summed E-state index contributed by atoms with van der Waals surface area (Å²) in [6.45, 7) is 9.45. The van der Waals surface area contributed by atoms with Gasteiger partial charge in [0.2, 0.25) is 0 Å². The molecule has 2 aromatic carbocycles. The van der Waals surface area contributed by atoms with Gasteiger partial charge in [0.25, 0.3) is 0 Å². The van der Waals surface area contributed by atoms with Gasteiger partial charge in [-0.15, -0.1) is 0 Å². The molecule has 2 aromatic rings. The molecule has 0 amide bonds. The average Bonchev–Trinajstić information content (AvgIpc) is 2.47. The summed E-state index contributed by atoms with van der Waals surface area (Å²) in [7, 11) is 0. The average molecular weight is 281 g/mol. The van der Waals surface area contributed by atoms with Gasteiger partial charge in [0.1, 0.15) is 0 Å². The zero-order valence-electron chi connectivity index (χ0n) is 11.2. The number of nitriles is 1. The van der Waals surface area contributed by atoms with Gasteiger partial charge in [-0.05, 0) is 31.3 Å². The van der Waals surface area contributed by atoms with E-state index >= 15 is 0 Å². The van der Waals surface area contributed by atoms with Crippen molar-refractivity contribution in [1.82, 2.24) is 0 Å². The first kappa shape index (κ1) is 14.0. The molecule has 2 nitrogen and oxygen atoms in total. The molecule has 0 saturated heterocycles. The van der Waals surface area contributed by atoms with E-state index in [1.54, 1.807) is 18.2 Å². The zero-order valence-corrected chi connectivity index (χ0v) is 11.9. The van der Waals surface area contributed by atoms with Gasteiger partial charge < -0.3 is 0 Å². The molecule has 0 aliphatic rings.